The standard InChI is InChI=1S/C13H17FO2S/c1-9-4-5-12(14)6-11(9)8-17-7-10(2)13(15)16-3/h4-6,10H,7-8H2,1-3H3. The van der Waals surface area contributed by atoms with E-state index in [0.717, 1.165) is 11.1 Å². The molecule has 0 fully saturated rings. The van der Waals surface area contributed by atoms with Crippen LogP contribution in [0, 0.1) is 18.7 Å². The smallest absolute Gasteiger partial charge is 0.309 e. The molecule has 0 saturated heterocycles. The fraction of sp³-hybridized carbons (Fsp3) is 0.462. The molecule has 0 heterocycles. The van der Waals surface area contributed by atoms with Gasteiger partial charge in [-0.1, -0.05) is 13.0 Å². The molecule has 94 valence electrons. The lowest BCUT2D eigenvalue weighted by molar-refractivity contribution is -0.143. The van der Waals surface area contributed by atoms with Crippen molar-refractivity contribution in [2.45, 2.75) is 19.6 Å². The quantitative estimate of drug-likeness (QED) is 0.757. The summed E-state index contributed by atoms with van der Waals surface area (Å²) in [7, 11) is 1.39. The first-order chi connectivity index (χ1) is 8.04. The summed E-state index contributed by atoms with van der Waals surface area (Å²) in [6.45, 7) is 3.79. The molecule has 4 heteroatoms. The van der Waals surface area contributed by atoms with Gasteiger partial charge in [0.1, 0.15) is 5.82 Å². The summed E-state index contributed by atoms with van der Waals surface area (Å²) in [5, 5.41) is 0. The van der Waals surface area contributed by atoms with Crippen molar-refractivity contribution in [2.24, 2.45) is 5.92 Å². The summed E-state index contributed by atoms with van der Waals surface area (Å²) in [4.78, 5) is 11.2. The number of carbonyl (C=O) groups excluding carboxylic acids is 1. The van der Waals surface area contributed by atoms with Crippen LogP contribution in [0.3, 0.4) is 0 Å². The van der Waals surface area contributed by atoms with Crippen LogP contribution in [0.15, 0.2) is 18.2 Å². The SMILES string of the molecule is COC(=O)C(C)CSCc1cc(F)ccc1C. The van der Waals surface area contributed by atoms with Gasteiger partial charge in [-0.05, 0) is 30.2 Å². The molecule has 1 aromatic carbocycles. The summed E-state index contributed by atoms with van der Waals surface area (Å²) >= 11 is 1.61. The van der Waals surface area contributed by atoms with Gasteiger partial charge in [-0.2, -0.15) is 11.8 Å². The van der Waals surface area contributed by atoms with Gasteiger partial charge in [0.15, 0.2) is 0 Å². The lowest BCUT2D eigenvalue weighted by Gasteiger charge is -2.09. The zero-order valence-electron chi connectivity index (χ0n) is 10.3. The highest BCUT2D eigenvalue weighted by Crippen LogP contribution is 2.19. The van der Waals surface area contributed by atoms with E-state index in [1.165, 1.54) is 13.2 Å². The predicted molar refractivity (Wildman–Crippen MR) is 68.5 cm³/mol. The molecular weight excluding hydrogens is 239 g/mol. The van der Waals surface area contributed by atoms with E-state index in [9.17, 15) is 9.18 Å². The molecule has 0 amide bonds. The third-order valence-electron chi connectivity index (χ3n) is 2.54. The zero-order chi connectivity index (χ0) is 12.8. The second-order valence-corrected chi connectivity index (χ2v) is 5.04. The summed E-state index contributed by atoms with van der Waals surface area (Å²) in [5.74, 6) is 0.854. The van der Waals surface area contributed by atoms with Crippen LogP contribution in [0.5, 0.6) is 0 Å². The van der Waals surface area contributed by atoms with Gasteiger partial charge in [-0.15, -0.1) is 0 Å². The number of methoxy groups -OCH3 is 1. The summed E-state index contributed by atoms with van der Waals surface area (Å²) in [5.41, 5.74) is 2.05. The Hall–Kier alpha value is -1.03. The molecule has 2 nitrogen and oxygen atoms in total. The third kappa shape index (κ3) is 4.38. The molecule has 17 heavy (non-hydrogen) atoms. The number of hydrogen-bond acceptors (Lipinski definition) is 3. The number of rotatable bonds is 5. The van der Waals surface area contributed by atoms with Crippen molar-refractivity contribution in [3.63, 3.8) is 0 Å². The molecular formula is C13H17FO2S. The molecule has 1 atom stereocenters. The van der Waals surface area contributed by atoms with E-state index >= 15 is 0 Å². The second-order valence-electron chi connectivity index (χ2n) is 4.01. The summed E-state index contributed by atoms with van der Waals surface area (Å²) in [6, 6.07) is 4.78. The highest BCUT2D eigenvalue weighted by atomic mass is 32.2. The van der Waals surface area contributed by atoms with Crippen molar-refractivity contribution in [1.82, 2.24) is 0 Å². The molecule has 1 rings (SSSR count). The number of hydrogen-bond donors (Lipinski definition) is 0. The number of carbonyl (C=O) groups is 1. The van der Waals surface area contributed by atoms with Crippen LogP contribution in [0.4, 0.5) is 4.39 Å². The van der Waals surface area contributed by atoms with E-state index < -0.39 is 0 Å². The average molecular weight is 256 g/mol. The summed E-state index contributed by atoms with van der Waals surface area (Å²) in [6.07, 6.45) is 0. The van der Waals surface area contributed by atoms with E-state index in [4.69, 9.17) is 0 Å². The molecule has 0 aliphatic rings. The van der Waals surface area contributed by atoms with E-state index in [1.807, 2.05) is 13.8 Å². The third-order valence-corrected chi connectivity index (χ3v) is 3.79. The molecule has 0 saturated carbocycles. The fourth-order valence-electron chi connectivity index (χ4n) is 1.41. The largest absolute Gasteiger partial charge is 0.469 e. The maximum atomic E-state index is 13.0. The van der Waals surface area contributed by atoms with Crippen molar-refractivity contribution in [1.29, 1.82) is 0 Å². The Kier molecular flexibility index (Phi) is 5.48. The Bertz CT molecular complexity index is 393. The minimum atomic E-state index is -0.216. The van der Waals surface area contributed by atoms with Gasteiger partial charge >= 0.3 is 5.97 Å². The molecule has 0 N–H and O–H groups in total. The van der Waals surface area contributed by atoms with Crippen LogP contribution < -0.4 is 0 Å². The Balaban J connectivity index is 2.45. The molecule has 0 aliphatic carbocycles. The normalized spacial score (nSPS) is 12.2. The number of halogens is 1. The van der Waals surface area contributed by atoms with Gasteiger partial charge < -0.3 is 4.74 Å². The van der Waals surface area contributed by atoms with Crippen molar-refractivity contribution >= 4 is 17.7 Å². The van der Waals surface area contributed by atoms with Crippen LogP contribution in [0.2, 0.25) is 0 Å². The van der Waals surface area contributed by atoms with Gasteiger partial charge in [0, 0.05) is 11.5 Å². The molecule has 0 radical (unpaired) electrons. The van der Waals surface area contributed by atoms with Crippen LogP contribution in [0.1, 0.15) is 18.1 Å². The van der Waals surface area contributed by atoms with Crippen molar-refractivity contribution in [3.05, 3.63) is 35.1 Å². The van der Waals surface area contributed by atoms with Crippen molar-refractivity contribution in [3.8, 4) is 0 Å². The summed E-state index contributed by atoms with van der Waals surface area (Å²) < 4.78 is 17.7. The number of esters is 1. The number of thioether (sulfide) groups is 1. The van der Waals surface area contributed by atoms with Gasteiger partial charge in [0.05, 0.1) is 13.0 Å². The molecule has 0 aliphatic heterocycles. The average Bonchev–Trinajstić information content (AvgIpc) is 2.32. The Morgan fingerprint density at radius 2 is 2.24 bits per heavy atom. The highest BCUT2D eigenvalue weighted by Gasteiger charge is 2.13. The minimum Gasteiger partial charge on any atom is -0.469 e. The van der Waals surface area contributed by atoms with Crippen LogP contribution in [0.25, 0.3) is 0 Å². The molecule has 0 spiro atoms. The van der Waals surface area contributed by atoms with Crippen LogP contribution >= 0.6 is 11.8 Å². The van der Waals surface area contributed by atoms with Crippen molar-refractivity contribution in [2.75, 3.05) is 12.9 Å². The van der Waals surface area contributed by atoms with Crippen molar-refractivity contribution < 1.29 is 13.9 Å². The van der Waals surface area contributed by atoms with Crippen LogP contribution in [-0.2, 0) is 15.3 Å². The molecule has 0 bridgehead atoms. The second kappa shape index (κ2) is 6.64. The topological polar surface area (TPSA) is 26.3 Å². The van der Waals surface area contributed by atoms with Crippen LogP contribution in [-0.4, -0.2) is 18.8 Å². The van der Waals surface area contributed by atoms with E-state index in [-0.39, 0.29) is 17.7 Å². The maximum Gasteiger partial charge on any atom is 0.309 e. The molecule has 1 aromatic rings. The lowest BCUT2D eigenvalue weighted by atomic mass is 10.1. The first kappa shape index (κ1) is 14.0. The molecule has 0 aromatic heterocycles. The van der Waals surface area contributed by atoms with E-state index in [0.29, 0.717) is 11.5 Å². The van der Waals surface area contributed by atoms with Gasteiger partial charge in [0.25, 0.3) is 0 Å². The number of ether oxygens (including phenoxy) is 1. The molecule has 1 unspecified atom stereocenters. The number of benzene rings is 1. The Labute approximate surface area is 106 Å². The monoisotopic (exact) mass is 256 g/mol. The zero-order valence-corrected chi connectivity index (χ0v) is 11.1. The Morgan fingerprint density at radius 1 is 1.53 bits per heavy atom. The first-order valence-electron chi connectivity index (χ1n) is 5.45. The van der Waals surface area contributed by atoms with Gasteiger partial charge in [0.2, 0.25) is 0 Å². The highest BCUT2D eigenvalue weighted by molar-refractivity contribution is 7.98. The van der Waals surface area contributed by atoms with E-state index in [1.54, 1.807) is 23.9 Å². The minimum absolute atomic E-state index is 0.126. The first-order valence-corrected chi connectivity index (χ1v) is 6.60. The number of aryl methyl sites for hydroxylation is 1. The predicted octanol–water partition coefficient (Wildman–Crippen LogP) is 3.18. The maximum absolute atomic E-state index is 13.0. The fourth-order valence-corrected chi connectivity index (χ4v) is 2.55. The van der Waals surface area contributed by atoms with Gasteiger partial charge in [-0.3, -0.25) is 4.79 Å². The Morgan fingerprint density at radius 3 is 2.88 bits per heavy atom. The lowest BCUT2D eigenvalue weighted by Crippen LogP contribution is -2.14. The van der Waals surface area contributed by atoms with E-state index in [2.05, 4.69) is 4.74 Å². The van der Waals surface area contributed by atoms with Gasteiger partial charge in [-0.25, -0.2) is 4.39 Å².